The molecule has 31 heavy (non-hydrogen) atoms. The van der Waals surface area contributed by atoms with E-state index in [2.05, 4.69) is 5.32 Å². The van der Waals surface area contributed by atoms with E-state index in [1.54, 1.807) is 10.8 Å². The third-order valence-electron chi connectivity index (χ3n) is 4.66. The molecule has 0 spiro atoms. The van der Waals surface area contributed by atoms with Gasteiger partial charge >= 0.3 is 0 Å². The van der Waals surface area contributed by atoms with Crippen molar-refractivity contribution in [2.24, 2.45) is 0 Å². The summed E-state index contributed by atoms with van der Waals surface area (Å²) in [6.45, 7) is 4.69. The SMILES string of the molecule is CC(C)NC(=O)/C(C#N)=C/c1cn(-c2ccccc2)nc1-c1ccc2c(c1)OCCO2. The Morgan fingerprint density at radius 1 is 1.16 bits per heavy atom. The predicted molar refractivity (Wildman–Crippen MR) is 117 cm³/mol. The van der Waals surface area contributed by atoms with Crippen LogP contribution in [0.5, 0.6) is 11.5 Å². The molecule has 0 atom stereocenters. The van der Waals surface area contributed by atoms with E-state index in [-0.39, 0.29) is 11.6 Å². The first kappa shape index (κ1) is 20.2. The molecule has 4 rings (SSSR count). The van der Waals surface area contributed by atoms with Crippen LogP contribution in [0.4, 0.5) is 0 Å². The van der Waals surface area contributed by atoms with Gasteiger partial charge in [0.05, 0.1) is 5.69 Å². The number of hydrogen-bond donors (Lipinski definition) is 1. The van der Waals surface area contributed by atoms with E-state index in [0.717, 1.165) is 11.3 Å². The van der Waals surface area contributed by atoms with Gasteiger partial charge in [-0.2, -0.15) is 10.4 Å². The molecule has 0 aliphatic carbocycles. The van der Waals surface area contributed by atoms with Gasteiger partial charge in [0.15, 0.2) is 11.5 Å². The van der Waals surface area contributed by atoms with Crippen molar-refractivity contribution in [2.45, 2.75) is 19.9 Å². The maximum atomic E-state index is 12.4. The average Bonchev–Trinajstić information content (AvgIpc) is 3.21. The second-order valence-corrected chi connectivity index (χ2v) is 7.37. The van der Waals surface area contributed by atoms with Crippen LogP contribution in [0, 0.1) is 11.3 Å². The molecule has 7 nitrogen and oxygen atoms in total. The third kappa shape index (κ3) is 4.43. The molecule has 156 valence electrons. The molecule has 0 saturated carbocycles. The third-order valence-corrected chi connectivity index (χ3v) is 4.66. The lowest BCUT2D eigenvalue weighted by atomic mass is 10.0. The molecular weight excluding hydrogens is 392 g/mol. The lowest BCUT2D eigenvalue weighted by molar-refractivity contribution is -0.117. The number of benzene rings is 2. The highest BCUT2D eigenvalue weighted by Gasteiger charge is 2.18. The van der Waals surface area contributed by atoms with E-state index in [0.29, 0.717) is 36.0 Å². The second-order valence-electron chi connectivity index (χ2n) is 7.37. The number of carbonyl (C=O) groups is 1. The topological polar surface area (TPSA) is 89.2 Å². The van der Waals surface area contributed by atoms with E-state index in [1.165, 1.54) is 0 Å². The van der Waals surface area contributed by atoms with Crippen molar-refractivity contribution in [3.05, 3.63) is 65.9 Å². The lowest BCUT2D eigenvalue weighted by Gasteiger charge is -2.18. The Balaban J connectivity index is 1.82. The number of nitrogens with zero attached hydrogens (tertiary/aromatic N) is 3. The number of fused-ring (bicyclic) bond motifs is 1. The molecule has 2 aromatic carbocycles. The Kier molecular flexibility index (Phi) is 5.72. The van der Waals surface area contributed by atoms with Crippen LogP contribution in [0.15, 0.2) is 60.3 Å². The zero-order valence-corrected chi connectivity index (χ0v) is 17.3. The van der Waals surface area contributed by atoms with E-state index in [1.807, 2.05) is 74.6 Å². The molecule has 0 radical (unpaired) electrons. The van der Waals surface area contributed by atoms with Gasteiger partial charge in [0.2, 0.25) is 0 Å². The number of amides is 1. The smallest absolute Gasteiger partial charge is 0.262 e. The molecule has 1 aliphatic heterocycles. The molecule has 3 aromatic rings. The van der Waals surface area contributed by atoms with E-state index < -0.39 is 5.91 Å². The summed E-state index contributed by atoms with van der Waals surface area (Å²) >= 11 is 0. The molecule has 1 amide bonds. The number of hydrogen-bond acceptors (Lipinski definition) is 5. The summed E-state index contributed by atoms with van der Waals surface area (Å²) in [5.74, 6) is 0.910. The quantitative estimate of drug-likeness (QED) is 0.507. The molecule has 0 saturated heterocycles. The van der Waals surface area contributed by atoms with Crippen LogP contribution in [0.2, 0.25) is 0 Å². The van der Waals surface area contributed by atoms with Gasteiger partial charge in [-0.15, -0.1) is 0 Å². The molecule has 0 bridgehead atoms. The highest BCUT2D eigenvalue weighted by atomic mass is 16.6. The molecule has 2 heterocycles. The minimum absolute atomic E-state index is 0.0140. The highest BCUT2D eigenvalue weighted by molar-refractivity contribution is 6.02. The fraction of sp³-hybridized carbons (Fsp3) is 0.208. The molecule has 0 fully saturated rings. The monoisotopic (exact) mass is 414 g/mol. The summed E-state index contributed by atoms with van der Waals surface area (Å²) in [6.07, 6.45) is 3.37. The lowest BCUT2D eigenvalue weighted by Crippen LogP contribution is -2.30. The number of ether oxygens (including phenoxy) is 2. The van der Waals surface area contributed by atoms with Gasteiger partial charge in [-0.05, 0) is 50.3 Å². The van der Waals surface area contributed by atoms with Crippen LogP contribution in [-0.4, -0.2) is 34.9 Å². The van der Waals surface area contributed by atoms with Crippen molar-refractivity contribution in [3.63, 3.8) is 0 Å². The van der Waals surface area contributed by atoms with Gasteiger partial charge in [-0.3, -0.25) is 4.79 Å². The minimum atomic E-state index is -0.418. The number of carbonyl (C=O) groups excluding carboxylic acids is 1. The summed E-state index contributed by atoms with van der Waals surface area (Å²) in [7, 11) is 0. The van der Waals surface area contributed by atoms with Gasteiger partial charge < -0.3 is 14.8 Å². The molecule has 7 heteroatoms. The number of nitriles is 1. The Morgan fingerprint density at radius 3 is 2.61 bits per heavy atom. The molecular formula is C24H22N4O3. The van der Waals surface area contributed by atoms with Crippen molar-refractivity contribution < 1.29 is 14.3 Å². The number of rotatable bonds is 5. The standard InChI is InChI=1S/C24H22N4O3/c1-16(2)26-24(29)18(14-25)12-19-15-28(20-6-4-3-5-7-20)27-23(19)17-8-9-21-22(13-17)31-11-10-30-21/h3-9,12-13,15-16H,10-11H2,1-2H3,(H,26,29)/b18-12+. The van der Waals surface area contributed by atoms with E-state index in [9.17, 15) is 10.1 Å². The van der Waals surface area contributed by atoms with E-state index >= 15 is 0 Å². The molecule has 0 unspecified atom stereocenters. The van der Waals surface area contributed by atoms with Gasteiger partial charge in [0, 0.05) is 23.4 Å². The van der Waals surface area contributed by atoms with Crippen LogP contribution in [0.1, 0.15) is 19.4 Å². The van der Waals surface area contributed by atoms with Crippen molar-refractivity contribution in [1.29, 1.82) is 5.26 Å². The molecule has 1 N–H and O–H groups in total. The zero-order valence-electron chi connectivity index (χ0n) is 17.3. The van der Waals surface area contributed by atoms with Gasteiger partial charge in [0.1, 0.15) is 30.6 Å². The van der Waals surface area contributed by atoms with Crippen LogP contribution in [0.3, 0.4) is 0 Å². The first-order valence-corrected chi connectivity index (χ1v) is 10.0. The fourth-order valence-corrected chi connectivity index (χ4v) is 3.26. The Hall–Kier alpha value is -4.05. The number of para-hydroxylation sites is 1. The van der Waals surface area contributed by atoms with E-state index in [4.69, 9.17) is 14.6 Å². The Morgan fingerprint density at radius 2 is 1.90 bits per heavy atom. The van der Waals surface area contributed by atoms with Crippen LogP contribution >= 0.6 is 0 Å². The minimum Gasteiger partial charge on any atom is -0.486 e. The van der Waals surface area contributed by atoms with Crippen LogP contribution in [0.25, 0.3) is 23.0 Å². The Labute approximate surface area is 180 Å². The van der Waals surface area contributed by atoms with Crippen LogP contribution in [-0.2, 0) is 4.79 Å². The van der Waals surface area contributed by atoms with Crippen molar-refractivity contribution in [1.82, 2.24) is 15.1 Å². The zero-order chi connectivity index (χ0) is 21.8. The number of aromatic nitrogens is 2. The maximum Gasteiger partial charge on any atom is 0.262 e. The second kappa shape index (κ2) is 8.76. The first-order chi connectivity index (χ1) is 15.0. The van der Waals surface area contributed by atoms with Crippen LogP contribution < -0.4 is 14.8 Å². The molecule has 1 aromatic heterocycles. The average molecular weight is 414 g/mol. The van der Waals surface area contributed by atoms with Gasteiger partial charge in [0.25, 0.3) is 5.91 Å². The summed E-state index contributed by atoms with van der Waals surface area (Å²) in [5.41, 5.74) is 2.96. The Bertz CT molecular complexity index is 1170. The largest absolute Gasteiger partial charge is 0.486 e. The molecule has 1 aliphatic rings. The summed E-state index contributed by atoms with van der Waals surface area (Å²) in [5, 5.41) is 17.1. The predicted octanol–water partition coefficient (Wildman–Crippen LogP) is 3.74. The maximum absolute atomic E-state index is 12.4. The van der Waals surface area contributed by atoms with Crippen molar-refractivity contribution in [2.75, 3.05) is 13.2 Å². The summed E-state index contributed by atoms with van der Waals surface area (Å²) < 4.78 is 13.1. The number of nitrogens with one attached hydrogen (secondary N) is 1. The fourth-order valence-electron chi connectivity index (χ4n) is 3.26. The van der Waals surface area contributed by atoms with Crippen molar-refractivity contribution >= 4 is 12.0 Å². The van der Waals surface area contributed by atoms with Gasteiger partial charge in [-0.1, -0.05) is 18.2 Å². The first-order valence-electron chi connectivity index (χ1n) is 10.0. The summed E-state index contributed by atoms with van der Waals surface area (Å²) in [4.78, 5) is 12.4. The highest BCUT2D eigenvalue weighted by Crippen LogP contribution is 2.35. The normalized spacial score (nSPS) is 13.0. The summed E-state index contributed by atoms with van der Waals surface area (Å²) in [6, 6.07) is 17.2. The van der Waals surface area contributed by atoms with Gasteiger partial charge in [-0.25, -0.2) is 4.68 Å². The van der Waals surface area contributed by atoms with Crippen molar-refractivity contribution in [3.8, 4) is 34.5 Å².